The van der Waals surface area contributed by atoms with Crippen LogP contribution >= 0.6 is 34.8 Å². The highest BCUT2D eigenvalue weighted by Gasteiger charge is 2.36. The third-order valence-corrected chi connectivity index (χ3v) is 10.8. The van der Waals surface area contributed by atoms with Crippen molar-refractivity contribution in [2.75, 3.05) is 32.2 Å². The fraction of sp³-hybridized carbons (Fsp3) is 0.394. The molecule has 10 nitrogen and oxygen atoms in total. The van der Waals surface area contributed by atoms with E-state index < -0.39 is 28.5 Å². The molecule has 47 heavy (non-hydrogen) atoms. The second-order valence-corrected chi connectivity index (χ2v) is 14.1. The zero-order valence-corrected chi connectivity index (χ0v) is 29.7. The lowest BCUT2D eigenvalue weighted by molar-refractivity contribution is -0.140. The largest absolute Gasteiger partial charge is 0.495 e. The van der Waals surface area contributed by atoms with Crippen molar-refractivity contribution >= 4 is 62.3 Å². The Morgan fingerprint density at radius 1 is 0.872 bits per heavy atom. The van der Waals surface area contributed by atoms with Gasteiger partial charge in [-0.05, 0) is 67.3 Å². The van der Waals surface area contributed by atoms with Crippen molar-refractivity contribution in [2.24, 2.45) is 0 Å². The van der Waals surface area contributed by atoms with E-state index in [-0.39, 0.29) is 57.0 Å². The van der Waals surface area contributed by atoms with E-state index in [0.29, 0.717) is 16.3 Å². The van der Waals surface area contributed by atoms with Crippen LogP contribution in [0.5, 0.6) is 17.2 Å². The van der Waals surface area contributed by atoms with Crippen LogP contribution in [0.3, 0.4) is 0 Å². The van der Waals surface area contributed by atoms with E-state index >= 15 is 0 Å². The summed E-state index contributed by atoms with van der Waals surface area (Å²) in [5, 5.41) is 3.92. The Kier molecular flexibility index (Phi) is 12.5. The molecule has 0 heterocycles. The molecule has 1 aliphatic carbocycles. The summed E-state index contributed by atoms with van der Waals surface area (Å²) in [4.78, 5) is 29.4. The van der Waals surface area contributed by atoms with Gasteiger partial charge < -0.3 is 24.4 Å². The molecule has 254 valence electrons. The minimum Gasteiger partial charge on any atom is -0.495 e. The third-order valence-electron chi connectivity index (χ3n) is 8.06. The topological polar surface area (TPSA) is 114 Å². The maximum atomic E-state index is 14.5. The molecule has 1 atom stereocenters. The number of amides is 2. The van der Waals surface area contributed by atoms with E-state index in [2.05, 4.69) is 5.32 Å². The summed E-state index contributed by atoms with van der Waals surface area (Å²) in [6, 6.07) is 12.6. The molecular formula is C33H38Cl3N3O7S. The molecule has 1 N–H and O–H groups in total. The molecule has 1 saturated carbocycles. The van der Waals surface area contributed by atoms with Gasteiger partial charge in [0.15, 0.2) is 11.5 Å². The fourth-order valence-corrected chi connectivity index (χ4v) is 7.52. The SMILES string of the molecule is CC[C@H](C(=O)NC1CCCC1)N(Cc1ccc(Cl)c(Cl)c1)C(=O)CN(c1cc(Cl)ccc1OC)S(=O)(=O)c1ccc(OC)c(OC)c1. The summed E-state index contributed by atoms with van der Waals surface area (Å²) in [6.07, 6.45) is 4.01. The Balaban J connectivity index is 1.81. The van der Waals surface area contributed by atoms with Crippen molar-refractivity contribution in [3.05, 3.63) is 75.2 Å². The molecule has 3 aromatic carbocycles. The second-order valence-electron chi connectivity index (χ2n) is 11.0. The lowest BCUT2D eigenvalue weighted by atomic mass is 10.1. The normalized spacial score (nSPS) is 13.9. The molecule has 1 fully saturated rings. The average molecular weight is 727 g/mol. The molecule has 0 aromatic heterocycles. The van der Waals surface area contributed by atoms with Crippen LogP contribution in [-0.2, 0) is 26.2 Å². The minimum atomic E-state index is -4.47. The van der Waals surface area contributed by atoms with Gasteiger partial charge in [-0.1, -0.05) is 60.6 Å². The van der Waals surface area contributed by atoms with E-state index in [9.17, 15) is 18.0 Å². The number of nitrogens with one attached hydrogen (secondary N) is 1. The van der Waals surface area contributed by atoms with Crippen LogP contribution < -0.4 is 23.8 Å². The number of halogens is 3. The maximum absolute atomic E-state index is 14.5. The smallest absolute Gasteiger partial charge is 0.265 e. The summed E-state index contributed by atoms with van der Waals surface area (Å²) in [7, 11) is -0.271. The van der Waals surface area contributed by atoms with Gasteiger partial charge in [0.05, 0.1) is 42.0 Å². The quantitative estimate of drug-likeness (QED) is 0.196. The summed E-state index contributed by atoms with van der Waals surface area (Å²) in [6.45, 7) is 1.07. The Hall–Kier alpha value is -3.38. The highest BCUT2D eigenvalue weighted by Crippen LogP contribution is 2.37. The van der Waals surface area contributed by atoms with Crippen molar-refractivity contribution in [1.82, 2.24) is 10.2 Å². The molecule has 0 radical (unpaired) electrons. The number of rotatable bonds is 14. The van der Waals surface area contributed by atoms with Crippen LogP contribution in [0, 0.1) is 0 Å². The van der Waals surface area contributed by atoms with Crippen molar-refractivity contribution < 1.29 is 32.2 Å². The number of carbonyl (C=O) groups excluding carboxylic acids is 2. The van der Waals surface area contributed by atoms with E-state index in [1.165, 1.54) is 56.6 Å². The average Bonchev–Trinajstić information content (AvgIpc) is 3.57. The number of carbonyl (C=O) groups is 2. The third kappa shape index (κ3) is 8.56. The Morgan fingerprint density at radius 2 is 1.53 bits per heavy atom. The predicted octanol–water partition coefficient (Wildman–Crippen LogP) is 6.73. The van der Waals surface area contributed by atoms with Crippen LogP contribution in [0.2, 0.25) is 15.1 Å². The van der Waals surface area contributed by atoms with Crippen LogP contribution in [0.25, 0.3) is 0 Å². The number of anilines is 1. The molecular weight excluding hydrogens is 689 g/mol. The number of hydrogen-bond donors (Lipinski definition) is 1. The van der Waals surface area contributed by atoms with Gasteiger partial charge >= 0.3 is 0 Å². The van der Waals surface area contributed by atoms with Crippen molar-refractivity contribution in [1.29, 1.82) is 0 Å². The first-order chi connectivity index (χ1) is 22.4. The van der Waals surface area contributed by atoms with Gasteiger partial charge in [-0.3, -0.25) is 13.9 Å². The van der Waals surface area contributed by atoms with E-state index in [0.717, 1.165) is 30.0 Å². The van der Waals surface area contributed by atoms with Gasteiger partial charge in [0.2, 0.25) is 11.8 Å². The monoisotopic (exact) mass is 725 g/mol. The molecule has 2 amide bonds. The van der Waals surface area contributed by atoms with Crippen LogP contribution in [0.4, 0.5) is 5.69 Å². The highest BCUT2D eigenvalue weighted by atomic mass is 35.5. The molecule has 0 aliphatic heterocycles. The highest BCUT2D eigenvalue weighted by molar-refractivity contribution is 7.92. The van der Waals surface area contributed by atoms with Gasteiger partial charge in [-0.25, -0.2) is 8.42 Å². The molecule has 0 spiro atoms. The van der Waals surface area contributed by atoms with Crippen LogP contribution in [0.1, 0.15) is 44.6 Å². The molecule has 1 aliphatic rings. The van der Waals surface area contributed by atoms with Gasteiger partial charge in [0, 0.05) is 23.7 Å². The van der Waals surface area contributed by atoms with Gasteiger partial charge in [0.25, 0.3) is 10.0 Å². The summed E-state index contributed by atoms with van der Waals surface area (Å²) >= 11 is 18.8. The number of benzene rings is 3. The molecule has 4 rings (SSSR count). The first-order valence-electron chi connectivity index (χ1n) is 15.1. The lowest BCUT2D eigenvalue weighted by Gasteiger charge is -2.34. The van der Waals surface area contributed by atoms with E-state index in [4.69, 9.17) is 49.0 Å². The summed E-state index contributed by atoms with van der Waals surface area (Å²) in [5.74, 6) is -0.304. The minimum absolute atomic E-state index is 0.0103. The van der Waals surface area contributed by atoms with Gasteiger partial charge in [-0.2, -0.15) is 0 Å². The number of hydrogen-bond acceptors (Lipinski definition) is 7. The van der Waals surface area contributed by atoms with Crippen LogP contribution in [0.15, 0.2) is 59.5 Å². The van der Waals surface area contributed by atoms with E-state index in [1.54, 1.807) is 31.2 Å². The van der Waals surface area contributed by atoms with Gasteiger partial charge in [-0.15, -0.1) is 0 Å². The van der Waals surface area contributed by atoms with Crippen LogP contribution in [-0.4, -0.2) is 65.1 Å². The summed E-state index contributed by atoms with van der Waals surface area (Å²) < 4.78 is 45.9. The predicted molar refractivity (Wildman–Crippen MR) is 184 cm³/mol. The van der Waals surface area contributed by atoms with Crippen molar-refractivity contribution in [2.45, 2.75) is 62.6 Å². The molecule has 0 saturated heterocycles. The summed E-state index contributed by atoms with van der Waals surface area (Å²) in [5.41, 5.74) is 0.635. The Labute approximate surface area is 290 Å². The zero-order valence-electron chi connectivity index (χ0n) is 26.6. The van der Waals surface area contributed by atoms with Gasteiger partial charge in [0.1, 0.15) is 18.3 Å². The number of sulfonamides is 1. The number of nitrogens with zero attached hydrogens (tertiary/aromatic N) is 2. The Morgan fingerprint density at radius 3 is 2.15 bits per heavy atom. The lowest BCUT2D eigenvalue weighted by Crippen LogP contribution is -2.53. The molecule has 0 unspecified atom stereocenters. The maximum Gasteiger partial charge on any atom is 0.265 e. The zero-order chi connectivity index (χ0) is 34.3. The first kappa shape index (κ1) is 36.5. The molecule has 14 heteroatoms. The second kappa shape index (κ2) is 16.1. The van der Waals surface area contributed by atoms with E-state index in [1.807, 2.05) is 0 Å². The standard InChI is InChI=1S/C33H38Cl3N3O7S/c1-5-27(33(41)37-23-8-6-7-9-23)38(19-21-10-13-25(35)26(36)16-21)32(40)20-39(28-17-22(34)11-14-29(28)44-2)47(42,43)24-12-15-30(45-3)31(18-24)46-4/h10-18,23,27H,5-9,19-20H2,1-4H3,(H,37,41)/t27-/m1/s1. The fourth-order valence-electron chi connectivity index (χ4n) is 5.60. The molecule has 0 bridgehead atoms. The molecule has 3 aromatic rings. The number of ether oxygens (including phenoxy) is 3. The first-order valence-corrected chi connectivity index (χ1v) is 17.6. The van der Waals surface area contributed by atoms with Crippen molar-refractivity contribution in [3.63, 3.8) is 0 Å². The van der Waals surface area contributed by atoms with Crippen molar-refractivity contribution in [3.8, 4) is 17.2 Å². The number of methoxy groups -OCH3 is 3. The Bertz CT molecular complexity index is 1700.